The van der Waals surface area contributed by atoms with Gasteiger partial charge in [0, 0.05) is 11.6 Å². The van der Waals surface area contributed by atoms with E-state index in [2.05, 4.69) is 14.7 Å². The van der Waals surface area contributed by atoms with E-state index in [9.17, 15) is 4.79 Å². The Hall–Kier alpha value is -2.27. The van der Waals surface area contributed by atoms with Gasteiger partial charge in [0.1, 0.15) is 15.6 Å². The molecule has 2 heterocycles. The fourth-order valence-corrected chi connectivity index (χ4v) is 2.71. The van der Waals surface area contributed by atoms with Gasteiger partial charge in [-0.1, -0.05) is 24.3 Å². The molecular weight excluding hydrogens is 260 g/mol. The SMILES string of the molecule is COC(=O)c1cnc(-c2nccc3ccccc23)s1. The van der Waals surface area contributed by atoms with Crippen LogP contribution in [-0.4, -0.2) is 23.0 Å². The molecule has 0 aliphatic heterocycles. The summed E-state index contributed by atoms with van der Waals surface area (Å²) in [6.45, 7) is 0. The Morgan fingerprint density at radius 1 is 1.21 bits per heavy atom. The van der Waals surface area contributed by atoms with E-state index in [1.165, 1.54) is 24.6 Å². The number of ether oxygens (including phenoxy) is 1. The summed E-state index contributed by atoms with van der Waals surface area (Å²) in [5, 5.41) is 2.84. The highest BCUT2D eigenvalue weighted by Crippen LogP contribution is 2.29. The predicted molar refractivity (Wildman–Crippen MR) is 74.2 cm³/mol. The quantitative estimate of drug-likeness (QED) is 0.671. The molecule has 1 aromatic carbocycles. The van der Waals surface area contributed by atoms with Crippen molar-refractivity contribution in [3.8, 4) is 10.7 Å². The monoisotopic (exact) mass is 270 g/mol. The van der Waals surface area contributed by atoms with Crippen molar-refractivity contribution >= 4 is 28.1 Å². The standard InChI is InChI=1S/C14H10N2O2S/c1-18-14(17)11-8-16-13(19-11)12-10-5-3-2-4-9(10)6-7-15-12/h2-8H,1H3. The maximum atomic E-state index is 11.4. The van der Waals surface area contributed by atoms with Crippen molar-refractivity contribution in [3.63, 3.8) is 0 Å². The zero-order valence-corrected chi connectivity index (χ0v) is 11.0. The second kappa shape index (κ2) is 4.78. The Morgan fingerprint density at radius 3 is 2.89 bits per heavy atom. The summed E-state index contributed by atoms with van der Waals surface area (Å²) in [4.78, 5) is 20.6. The number of hydrogen-bond donors (Lipinski definition) is 0. The van der Waals surface area contributed by atoms with Crippen LogP contribution in [0.2, 0.25) is 0 Å². The molecule has 0 spiro atoms. The number of carbonyl (C=O) groups is 1. The molecule has 0 aliphatic carbocycles. The zero-order chi connectivity index (χ0) is 13.2. The van der Waals surface area contributed by atoms with E-state index in [1.807, 2.05) is 30.3 Å². The predicted octanol–water partition coefficient (Wildman–Crippen LogP) is 3.14. The first-order valence-electron chi connectivity index (χ1n) is 5.68. The summed E-state index contributed by atoms with van der Waals surface area (Å²) in [5.74, 6) is -0.371. The van der Waals surface area contributed by atoms with Crippen LogP contribution in [0.4, 0.5) is 0 Å². The minimum atomic E-state index is -0.371. The van der Waals surface area contributed by atoms with Crippen LogP contribution in [-0.2, 0) is 4.74 Å². The van der Waals surface area contributed by atoms with Crippen LogP contribution < -0.4 is 0 Å². The van der Waals surface area contributed by atoms with Crippen molar-refractivity contribution < 1.29 is 9.53 Å². The summed E-state index contributed by atoms with van der Waals surface area (Å²) in [6.07, 6.45) is 3.27. The average molecular weight is 270 g/mol. The molecule has 3 aromatic rings. The number of esters is 1. The molecule has 94 valence electrons. The second-order valence-corrected chi connectivity index (χ2v) is 4.93. The number of hydrogen-bond acceptors (Lipinski definition) is 5. The molecule has 3 rings (SSSR count). The molecule has 0 fully saturated rings. The Morgan fingerprint density at radius 2 is 2.05 bits per heavy atom. The molecule has 2 aromatic heterocycles. The van der Waals surface area contributed by atoms with Gasteiger partial charge in [0.15, 0.2) is 0 Å². The van der Waals surface area contributed by atoms with Crippen molar-refractivity contribution in [2.24, 2.45) is 0 Å². The third-order valence-corrected chi connectivity index (χ3v) is 3.75. The molecule has 0 atom stereocenters. The molecular formula is C14H10N2O2S. The van der Waals surface area contributed by atoms with Gasteiger partial charge >= 0.3 is 5.97 Å². The number of rotatable bonds is 2. The van der Waals surface area contributed by atoms with Gasteiger partial charge in [0.2, 0.25) is 0 Å². The van der Waals surface area contributed by atoms with Gasteiger partial charge in [-0.15, -0.1) is 11.3 Å². The van der Waals surface area contributed by atoms with E-state index in [0.717, 1.165) is 21.5 Å². The molecule has 0 radical (unpaired) electrons. The van der Waals surface area contributed by atoms with E-state index in [1.54, 1.807) is 6.20 Å². The van der Waals surface area contributed by atoms with Gasteiger partial charge in [-0.2, -0.15) is 0 Å². The highest BCUT2D eigenvalue weighted by molar-refractivity contribution is 7.16. The minimum Gasteiger partial charge on any atom is -0.465 e. The van der Waals surface area contributed by atoms with E-state index in [0.29, 0.717) is 4.88 Å². The second-order valence-electron chi connectivity index (χ2n) is 3.90. The normalized spacial score (nSPS) is 10.6. The number of thiazole rings is 1. The smallest absolute Gasteiger partial charge is 0.349 e. The van der Waals surface area contributed by atoms with Crippen molar-refractivity contribution in [1.82, 2.24) is 9.97 Å². The van der Waals surface area contributed by atoms with E-state index < -0.39 is 0 Å². The highest BCUT2D eigenvalue weighted by Gasteiger charge is 2.14. The number of aromatic nitrogens is 2. The van der Waals surface area contributed by atoms with E-state index in [-0.39, 0.29) is 5.97 Å². The lowest BCUT2D eigenvalue weighted by molar-refractivity contribution is 0.0606. The molecule has 0 saturated carbocycles. The number of nitrogens with zero attached hydrogens (tertiary/aromatic N) is 2. The number of carbonyl (C=O) groups excluding carboxylic acids is 1. The first-order chi connectivity index (χ1) is 9.29. The van der Waals surface area contributed by atoms with Crippen LogP contribution in [0.15, 0.2) is 42.7 Å². The Bertz CT molecular complexity index is 747. The molecule has 0 N–H and O–H groups in total. The van der Waals surface area contributed by atoms with Crippen LogP contribution in [0.3, 0.4) is 0 Å². The maximum absolute atomic E-state index is 11.4. The molecule has 0 saturated heterocycles. The van der Waals surface area contributed by atoms with Crippen molar-refractivity contribution in [3.05, 3.63) is 47.6 Å². The van der Waals surface area contributed by atoms with Crippen molar-refractivity contribution in [1.29, 1.82) is 0 Å². The fourth-order valence-electron chi connectivity index (χ4n) is 1.87. The summed E-state index contributed by atoms with van der Waals surface area (Å²) >= 11 is 1.29. The molecule has 4 nitrogen and oxygen atoms in total. The molecule has 0 unspecified atom stereocenters. The van der Waals surface area contributed by atoms with Gasteiger partial charge in [-0.05, 0) is 11.5 Å². The molecule has 0 bridgehead atoms. The Balaban J connectivity index is 2.14. The van der Waals surface area contributed by atoms with Crippen LogP contribution in [0.1, 0.15) is 9.67 Å². The number of benzene rings is 1. The van der Waals surface area contributed by atoms with Crippen molar-refractivity contribution in [2.45, 2.75) is 0 Å². The summed E-state index contributed by atoms with van der Waals surface area (Å²) < 4.78 is 4.68. The summed E-state index contributed by atoms with van der Waals surface area (Å²) in [6, 6.07) is 9.91. The number of methoxy groups -OCH3 is 1. The van der Waals surface area contributed by atoms with Crippen LogP contribution >= 0.6 is 11.3 Å². The molecule has 0 aliphatic rings. The maximum Gasteiger partial charge on any atom is 0.349 e. The van der Waals surface area contributed by atoms with Gasteiger partial charge < -0.3 is 4.74 Å². The summed E-state index contributed by atoms with van der Waals surface area (Å²) in [5.41, 5.74) is 0.790. The lowest BCUT2D eigenvalue weighted by atomic mass is 10.1. The van der Waals surface area contributed by atoms with Gasteiger partial charge in [-0.3, -0.25) is 4.98 Å². The van der Waals surface area contributed by atoms with Gasteiger partial charge in [0.25, 0.3) is 0 Å². The average Bonchev–Trinajstić information content (AvgIpc) is 2.95. The van der Waals surface area contributed by atoms with Crippen LogP contribution in [0.25, 0.3) is 21.5 Å². The highest BCUT2D eigenvalue weighted by atomic mass is 32.1. The molecule has 19 heavy (non-hydrogen) atoms. The largest absolute Gasteiger partial charge is 0.465 e. The Labute approximate surface area is 113 Å². The fraction of sp³-hybridized carbons (Fsp3) is 0.0714. The lowest BCUT2D eigenvalue weighted by Gasteiger charge is -2.01. The van der Waals surface area contributed by atoms with Gasteiger partial charge in [0.05, 0.1) is 13.3 Å². The van der Waals surface area contributed by atoms with Gasteiger partial charge in [-0.25, -0.2) is 9.78 Å². The number of pyridine rings is 1. The minimum absolute atomic E-state index is 0.371. The van der Waals surface area contributed by atoms with Crippen molar-refractivity contribution in [2.75, 3.05) is 7.11 Å². The van der Waals surface area contributed by atoms with E-state index in [4.69, 9.17) is 0 Å². The first-order valence-corrected chi connectivity index (χ1v) is 6.49. The Kier molecular flexibility index (Phi) is 2.97. The molecule has 0 amide bonds. The third-order valence-electron chi connectivity index (χ3n) is 2.77. The van der Waals surface area contributed by atoms with Crippen LogP contribution in [0, 0.1) is 0 Å². The first kappa shape index (κ1) is 11.8. The summed E-state index contributed by atoms with van der Waals surface area (Å²) in [7, 11) is 1.36. The third kappa shape index (κ3) is 2.08. The lowest BCUT2D eigenvalue weighted by Crippen LogP contribution is -1.96. The number of fused-ring (bicyclic) bond motifs is 1. The topological polar surface area (TPSA) is 52.1 Å². The van der Waals surface area contributed by atoms with Crippen LogP contribution in [0.5, 0.6) is 0 Å². The molecule has 5 heteroatoms. The zero-order valence-electron chi connectivity index (χ0n) is 10.2. The van der Waals surface area contributed by atoms with E-state index >= 15 is 0 Å².